The zero-order chi connectivity index (χ0) is 14.3. The third-order valence-corrected chi connectivity index (χ3v) is 4.11. The van der Waals surface area contributed by atoms with Gasteiger partial charge in [-0.05, 0) is 52.7 Å². The second-order valence-corrected chi connectivity index (χ2v) is 5.66. The molecule has 0 saturated carbocycles. The summed E-state index contributed by atoms with van der Waals surface area (Å²) in [7, 11) is 0. The number of alkyl halides is 1. The number of aryl methyl sites for hydroxylation is 1. The number of aromatic nitrogens is 2. The molecule has 0 spiro atoms. The van der Waals surface area contributed by atoms with Gasteiger partial charge in [0.05, 0.1) is 27.1 Å². The molecule has 0 aliphatic heterocycles. The number of halogens is 3. The van der Waals surface area contributed by atoms with Gasteiger partial charge in [-0.15, -0.1) is 11.6 Å². The van der Waals surface area contributed by atoms with Crippen molar-refractivity contribution in [3.05, 3.63) is 58.1 Å². The summed E-state index contributed by atoms with van der Waals surface area (Å²) in [4.78, 5) is 4.52. The molecule has 0 atom stereocenters. The first-order chi connectivity index (χ1) is 9.61. The van der Waals surface area contributed by atoms with Gasteiger partial charge < -0.3 is 0 Å². The molecule has 102 valence electrons. The first-order valence-electron chi connectivity index (χ1n) is 6.10. The van der Waals surface area contributed by atoms with Crippen molar-refractivity contribution in [1.29, 1.82) is 0 Å². The van der Waals surface area contributed by atoms with Crippen LogP contribution in [0.4, 0.5) is 4.39 Å². The van der Waals surface area contributed by atoms with Crippen molar-refractivity contribution in [3.8, 4) is 5.69 Å². The largest absolute Gasteiger partial charge is 0.295 e. The summed E-state index contributed by atoms with van der Waals surface area (Å²) in [5.74, 6) is 0.669. The van der Waals surface area contributed by atoms with Gasteiger partial charge in [0.25, 0.3) is 0 Å². The summed E-state index contributed by atoms with van der Waals surface area (Å²) in [5.41, 5.74) is 3.63. The predicted molar refractivity (Wildman–Crippen MR) is 83.0 cm³/mol. The van der Waals surface area contributed by atoms with Crippen molar-refractivity contribution in [1.82, 2.24) is 9.55 Å². The number of hydrogen-bond donors (Lipinski definition) is 0. The van der Waals surface area contributed by atoms with Gasteiger partial charge in [-0.3, -0.25) is 4.57 Å². The maximum atomic E-state index is 13.8. The van der Waals surface area contributed by atoms with E-state index < -0.39 is 0 Å². The number of imidazole rings is 1. The van der Waals surface area contributed by atoms with E-state index in [1.165, 1.54) is 6.07 Å². The summed E-state index contributed by atoms with van der Waals surface area (Å²) < 4.78 is 16.1. The normalized spacial score (nSPS) is 11.2. The van der Waals surface area contributed by atoms with Crippen molar-refractivity contribution in [2.45, 2.75) is 12.8 Å². The van der Waals surface area contributed by atoms with Crippen LogP contribution in [0.15, 0.2) is 40.9 Å². The average molecular weight is 354 g/mol. The number of para-hydroxylation sites is 1. The Balaban J connectivity index is 2.36. The zero-order valence-corrected chi connectivity index (χ0v) is 13.0. The van der Waals surface area contributed by atoms with Crippen LogP contribution in [0.3, 0.4) is 0 Å². The van der Waals surface area contributed by atoms with E-state index in [1.807, 2.05) is 35.8 Å². The van der Waals surface area contributed by atoms with E-state index in [1.54, 1.807) is 6.07 Å². The highest BCUT2D eigenvalue weighted by Crippen LogP contribution is 2.27. The standard InChI is InChI=1S/C15H11BrClFN2/c1-9-3-2-4-13-15(9)20(14(8-17)19-13)10-5-6-11(16)12(18)7-10/h2-7H,8H2,1H3. The molecule has 5 heteroatoms. The van der Waals surface area contributed by atoms with E-state index in [9.17, 15) is 4.39 Å². The predicted octanol–water partition coefficient (Wildman–Crippen LogP) is 4.97. The Labute approximate surface area is 129 Å². The lowest BCUT2D eigenvalue weighted by Gasteiger charge is -2.10. The van der Waals surface area contributed by atoms with Crippen LogP contribution in [0.25, 0.3) is 16.7 Å². The molecule has 2 nitrogen and oxygen atoms in total. The van der Waals surface area contributed by atoms with E-state index in [4.69, 9.17) is 11.6 Å². The SMILES string of the molecule is Cc1cccc2nc(CCl)n(-c3ccc(Br)c(F)c3)c12. The molecule has 0 saturated heterocycles. The summed E-state index contributed by atoms with van der Waals surface area (Å²) in [6.45, 7) is 2.01. The highest BCUT2D eigenvalue weighted by atomic mass is 79.9. The third-order valence-electron chi connectivity index (χ3n) is 3.23. The van der Waals surface area contributed by atoms with E-state index >= 15 is 0 Å². The van der Waals surface area contributed by atoms with E-state index in [2.05, 4.69) is 20.9 Å². The Morgan fingerprint density at radius 2 is 2.10 bits per heavy atom. The number of nitrogens with zero attached hydrogens (tertiary/aromatic N) is 2. The number of benzene rings is 2. The fourth-order valence-corrected chi connectivity index (χ4v) is 2.76. The Morgan fingerprint density at radius 1 is 1.30 bits per heavy atom. The van der Waals surface area contributed by atoms with Gasteiger partial charge in [0.1, 0.15) is 11.6 Å². The van der Waals surface area contributed by atoms with Gasteiger partial charge in [0, 0.05) is 0 Å². The number of fused-ring (bicyclic) bond motifs is 1. The summed E-state index contributed by atoms with van der Waals surface area (Å²) in [6.07, 6.45) is 0. The van der Waals surface area contributed by atoms with Crippen molar-refractivity contribution in [2.24, 2.45) is 0 Å². The van der Waals surface area contributed by atoms with Crippen molar-refractivity contribution < 1.29 is 4.39 Å². The molecule has 1 aromatic heterocycles. The molecule has 3 aromatic rings. The highest BCUT2D eigenvalue weighted by molar-refractivity contribution is 9.10. The highest BCUT2D eigenvalue weighted by Gasteiger charge is 2.14. The molecule has 2 aromatic carbocycles. The lowest BCUT2D eigenvalue weighted by molar-refractivity contribution is 0.620. The third kappa shape index (κ3) is 2.13. The first-order valence-corrected chi connectivity index (χ1v) is 7.43. The minimum absolute atomic E-state index is 0.270. The van der Waals surface area contributed by atoms with E-state index in [0.29, 0.717) is 10.3 Å². The molecular formula is C15H11BrClFN2. The fourth-order valence-electron chi connectivity index (χ4n) is 2.33. The van der Waals surface area contributed by atoms with Crippen molar-refractivity contribution in [2.75, 3.05) is 0 Å². The molecule has 0 unspecified atom stereocenters. The van der Waals surface area contributed by atoms with Crippen LogP contribution in [0, 0.1) is 12.7 Å². The minimum Gasteiger partial charge on any atom is -0.295 e. The van der Waals surface area contributed by atoms with Crippen molar-refractivity contribution in [3.63, 3.8) is 0 Å². The average Bonchev–Trinajstić information content (AvgIpc) is 2.82. The van der Waals surface area contributed by atoms with Crippen molar-refractivity contribution >= 4 is 38.6 Å². The number of hydrogen-bond acceptors (Lipinski definition) is 1. The van der Waals surface area contributed by atoms with E-state index in [-0.39, 0.29) is 11.7 Å². The molecular weight excluding hydrogens is 343 g/mol. The smallest absolute Gasteiger partial charge is 0.139 e. The van der Waals surface area contributed by atoms with Crippen LogP contribution in [-0.4, -0.2) is 9.55 Å². The topological polar surface area (TPSA) is 17.8 Å². The summed E-state index contributed by atoms with van der Waals surface area (Å²) in [6, 6.07) is 10.9. The molecule has 0 radical (unpaired) electrons. The monoisotopic (exact) mass is 352 g/mol. The molecule has 20 heavy (non-hydrogen) atoms. The van der Waals surface area contributed by atoms with Crippen LogP contribution in [-0.2, 0) is 5.88 Å². The summed E-state index contributed by atoms with van der Waals surface area (Å²) >= 11 is 9.16. The molecule has 0 bridgehead atoms. The maximum absolute atomic E-state index is 13.8. The summed E-state index contributed by atoms with van der Waals surface area (Å²) in [5, 5.41) is 0. The van der Waals surface area contributed by atoms with E-state index in [0.717, 1.165) is 22.3 Å². The maximum Gasteiger partial charge on any atom is 0.139 e. The molecule has 0 N–H and O–H groups in total. The van der Waals surface area contributed by atoms with Gasteiger partial charge in [0.15, 0.2) is 0 Å². The van der Waals surface area contributed by atoms with Crippen LogP contribution in [0.2, 0.25) is 0 Å². The second kappa shape index (κ2) is 5.19. The molecule has 3 rings (SSSR count). The molecule has 0 aliphatic carbocycles. The Hall–Kier alpha value is -1.39. The first kappa shape index (κ1) is 13.6. The van der Waals surface area contributed by atoms with Gasteiger partial charge in [0.2, 0.25) is 0 Å². The van der Waals surface area contributed by atoms with Crippen LogP contribution in [0.1, 0.15) is 11.4 Å². The molecule has 0 fully saturated rings. The molecule has 0 amide bonds. The lowest BCUT2D eigenvalue weighted by Crippen LogP contribution is -2.01. The van der Waals surface area contributed by atoms with Crippen LogP contribution < -0.4 is 0 Å². The van der Waals surface area contributed by atoms with Crippen LogP contribution >= 0.6 is 27.5 Å². The Bertz CT molecular complexity index is 798. The molecule has 0 aliphatic rings. The second-order valence-electron chi connectivity index (χ2n) is 4.54. The van der Waals surface area contributed by atoms with Crippen LogP contribution in [0.5, 0.6) is 0 Å². The Kier molecular flexibility index (Phi) is 3.52. The van der Waals surface area contributed by atoms with Gasteiger partial charge >= 0.3 is 0 Å². The van der Waals surface area contributed by atoms with Gasteiger partial charge in [-0.2, -0.15) is 0 Å². The molecule has 1 heterocycles. The van der Waals surface area contributed by atoms with Gasteiger partial charge in [-0.25, -0.2) is 9.37 Å². The quantitative estimate of drug-likeness (QED) is 0.594. The Morgan fingerprint density at radius 3 is 2.80 bits per heavy atom. The zero-order valence-electron chi connectivity index (χ0n) is 10.7. The fraction of sp³-hybridized carbons (Fsp3) is 0.133. The number of rotatable bonds is 2. The minimum atomic E-state index is -0.307. The van der Waals surface area contributed by atoms with Gasteiger partial charge in [-0.1, -0.05) is 12.1 Å². The lowest BCUT2D eigenvalue weighted by atomic mass is 10.2.